The molecule has 512 valence electrons. The fourth-order valence-electron chi connectivity index (χ4n) is 11.1. The highest BCUT2D eigenvalue weighted by Crippen LogP contribution is 2.50. The Labute approximate surface area is 557 Å². The lowest BCUT2D eigenvalue weighted by Crippen LogP contribution is -2.34. The molecular formula is C72H80F2N2O18S2. The highest BCUT2D eigenvalue weighted by molar-refractivity contribution is 7.92. The summed E-state index contributed by atoms with van der Waals surface area (Å²) >= 11 is 0. The standard InChI is InChI=1S/C37H42FNO9S.C35H38FNO9S/c1-4-32(40)34-30-23-29(25-11-12-25)31(24-33(30)48-35(34)27-13-15-28(38)16-14-27)39(49(3,42)43)17-18-44-19-20-45-21-22-47-36(37(41)46-5-2)26-9-7-6-8-10-26;1-3-30(38)32-28-21-27(23-9-10-23)29(22-31(28)46-33(32)25-11-13-26(36)14-12-25)37(47(2,41)42)15-16-43-17-18-44-19-20-45-34(35(39)40)24-7-5-4-6-8-24/h6-10,13-16,23-25,36H,4-5,11-12,17-22H2,1-3H3;4-8,11-14,21-23,34H,3,9-10,15-20H2,1-2H3,(H,39,40). The minimum atomic E-state index is -3.73. The Morgan fingerprint density at radius 2 is 0.875 bits per heavy atom. The van der Waals surface area contributed by atoms with Gasteiger partial charge in [0.25, 0.3) is 0 Å². The number of carboxylic acid groups (broad SMARTS) is 1. The van der Waals surface area contributed by atoms with Gasteiger partial charge in [-0.25, -0.2) is 35.2 Å². The smallest absolute Gasteiger partial charge is 0.339 e. The van der Waals surface area contributed by atoms with Crippen LogP contribution in [0, 0.1) is 11.6 Å². The molecule has 24 heteroatoms. The quantitative estimate of drug-likeness (QED) is 0.0216. The number of esters is 1. The molecule has 1 N–H and O–H groups in total. The zero-order valence-corrected chi connectivity index (χ0v) is 55.9. The first-order valence-electron chi connectivity index (χ1n) is 32.0. The van der Waals surface area contributed by atoms with Gasteiger partial charge < -0.3 is 47.1 Å². The van der Waals surface area contributed by atoms with E-state index >= 15 is 0 Å². The van der Waals surface area contributed by atoms with E-state index in [1.165, 1.54) is 32.9 Å². The first-order valence-corrected chi connectivity index (χ1v) is 35.7. The van der Waals surface area contributed by atoms with Gasteiger partial charge in [-0.1, -0.05) is 74.5 Å². The zero-order valence-electron chi connectivity index (χ0n) is 54.3. The van der Waals surface area contributed by atoms with Crippen LogP contribution in [-0.2, 0) is 62.8 Å². The number of carbonyl (C=O) groups excluding carboxylic acids is 3. The number of fused-ring (bicyclic) bond motifs is 2. The number of sulfonamides is 2. The number of ketones is 2. The van der Waals surface area contributed by atoms with E-state index in [1.807, 2.05) is 30.3 Å². The summed E-state index contributed by atoms with van der Waals surface area (Å²) in [5.41, 5.74) is 6.50. The maximum absolute atomic E-state index is 13.7. The Hall–Kier alpha value is -8.20. The Bertz CT molecular complexity index is 4180. The van der Waals surface area contributed by atoms with Gasteiger partial charge in [0.2, 0.25) is 20.0 Å². The molecule has 0 amide bonds. The number of benzene rings is 6. The second kappa shape index (κ2) is 33.7. The number of Topliss-reactive ketones (excluding diaryl/α,β-unsaturated/α-hetero) is 2. The highest BCUT2D eigenvalue weighted by Gasteiger charge is 2.35. The topological polar surface area (TPSA) is 254 Å². The van der Waals surface area contributed by atoms with Gasteiger partial charge in [-0.15, -0.1) is 0 Å². The van der Waals surface area contributed by atoms with E-state index in [1.54, 1.807) is 99.6 Å². The van der Waals surface area contributed by atoms with Crippen molar-refractivity contribution in [1.82, 2.24) is 0 Å². The van der Waals surface area contributed by atoms with Crippen molar-refractivity contribution in [2.45, 2.75) is 83.3 Å². The molecule has 2 heterocycles. The second-order valence-electron chi connectivity index (χ2n) is 23.1. The van der Waals surface area contributed by atoms with Crippen molar-refractivity contribution in [2.24, 2.45) is 0 Å². The number of rotatable bonds is 37. The van der Waals surface area contributed by atoms with Crippen molar-refractivity contribution >= 4 is 76.9 Å². The first kappa shape index (κ1) is 72.1. The molecule has 2 unspecified atom stereocenters. The van der Waals surface area contributed by atoms with Crippen LogP contribution in [0.25, 0.3) is 44.6 Å². The SMILES string of the molecule is CCC(=O)c1c(-c2ccc(F)cc2)oc2cc(N(CCOCCOCCOC(C(=O)O)c3ccccc3)S(C)(=O)=O)c(C3CC3)cc12.CCOC(=O)C(OCCOCCOCCN(c1cc2oc(-c3ccc(F)cc3)c(C(=O)CC)c2cc1C1CC1)S(C)(=O)=O)c1ccccc1. The van der Waals surface area contributed by atoms with Gasteiger partial charge in [0.1, 0.15) is 34.3 Å². The van der Waals surface area contributed by atoms with E-state index in [2.05, 4.69) is 0 Å². The molecule has 2 fully saturated rings. The Morgan fingerprint density at radius 3 is 1.23 bits per heavy atom. The van der Waals surface area contributed by atoms with Crippen molar-refractivity contribution in [1.29, 1.82) is 0 Å². The lowest BCUT2D eigenvalue weighted by atomic mass is 9.97. The Morgan fingerprint density at radius 1 is 0.510 bits per heavy atom. The molecule has 0 aliphatic heterocycles. The number of nitrogens with zero attached hydrogens (tertiary/aromatic N) is 2. The lowest BCUT2D eigenvalue weighted by molar-refractivity contribution is -0.158. The number of hydrogen-bond acceptors (Lipinski definition) is 17. The largest absolute Gasteiger partial charge is 0.479 e. The third-order valence-corrected chi connectivity index (χ3v) is 18.4. The van der Waals surface area contributed by atoms with Crippen LogP contribution in [0.1, 0.15) is 126 Å². The van der Waals surface area contributed by atoms with Crippen LogP contribution in [0.15, 0.2) is 142 Å². The number of furan rings is 2. The number of anilines is 2. The van der Waals surface area contributed by atoms with E-state index in [-0.39, 0.29) is 122 Å². The molecule has 0 radical (unpaired) electrons. The summed E-state index contributed by atoms with van der Waals surface area (Å²) in [6.45, 7) is 7.25. The molecule has 96 heavy (non-hydrogen) atoms. The molecule has 2 saturated carbocycles. The summed E-state index contributed by atoms with van der Waals surface area (Å²) in [6, 6.07) is 36.3. The molecule has 2 aromatic heterocycles. The number of hydrogen-bond donors (Lipinski definition) is 1. The van der Waals surface area contributed by atoms with Gasteiger partial charge in [0, 0.05) is 46.9 Å². The molecule has 0 saturated heterocycles. The lowest BCUT2D eigenvalue weighted by Gasteiger charge is -2.25. The van der Waals surface area contributed by atoms with Gasteiger partial charge >= 0.3 is 11.9 Å². The van der Waals surface area contributed by atoms with Crippen molar-refractivity contribution in [3.8, 4) is 22.6 Å². The van der Waals surface area contributed by atoms with E-state index in [4.69, 9.17) is 42.0 Å². The van der Waals surface area contributed by atoms with Crippen LogP contribution in [0.2, 0.25) is 0 Å². The number of carboxylic acids is 1. The van der Waals surface area contributed by atoms with Crippen molar-refractivity contribution in [3.63, 3.8) is 0 Å². The average molecular weight is 1360 g/mol. The fourth-order valence-corrected chi connectivity index (χ4v) is 12.9. The van der Waals surface area contributed by atoms with Crippen LogP contribution in [0.3, 0.4) is 0 Å². The minimum absolute atomic E-state index is 0.0385. The van der Waals surface area contributed by atoms with E-state index < -0.39 is 55.8 Å². The first-order chi connectivity index (χ1) is 46.2. The maximum Gasteiger partial charge on any atom is 0.339 e. The Balaban J connectivity index is 0.000000226. The number of ether oxygens (including phenoxy) is 7. The van der Waals surface area contributed by atoms with Gasteiger partial charge in [0.05, 0.1) is 121 Å². The van der Waals surface area contributed by atoms with Crippen molar-refractivity contribution < 1.29 is 91.9 Å². The number of halogens is 2. The Kier molecular flexibility index (Phi) is 25.3. The van der Waals surface area contributed by atoms with Crippen molar-refractivity contribution in [2.75, 3.05) is 107 Å². The summed E-state index contributed by atoms with van der Waals surface area (Å²) in [5, 5.41) is 10.7. The predicted molar refractivity (Wildman–Crippen MR) is 359 cm³/mol. The van der Waals surface area contributed by atoms with Crippen LogP contribution in [0.5, 0.6) is 0 Å². The number of aliphatic carboxylic acids is 1. The molecular weight excluding hydrogens is 1280 g/mol. The summed E-state index contributed by atoms with van der Waals surface area (Å²) in [6.07, 6.45) is 4.42. The van der Waals surface area contributed by atoms with Crippen LogP contribution in [-0.4, -0.2) is 144 Å². The second-order valence-corrected chi connectivity index (χ2v) is 26.9. The minimum Gasteiger partial charge on any atom is -0.479 e. The summed E-state index contributed by atoms with van der Waals surface area (Å²) < 4.78 is 134. The molecule has 0 spiro atoms. The molecule has 20 nitrogen and oxygen atoms in total. The van der Waals surface area contributed by atoms with Crippen molar-refractivity contribution in [3.05, 3.63) is 178 Å². The molecule has 2 atom stereocenters. The van der Waals surface area contributed by atoms with E-state index in [0.717, 1.165) is 49.3 Å². The normalized spacial score (nSPS) is 13.9. The average Bonchev–Trinajstić information content (AvgIpc) is 1.58. The molecule has 8 aromatic rings. The van der Waals surface area contributed by atoms with Gasteiger partial charge in [-0.05, 0) is 127 Å². The molecule has 2 aliphatic carbocycles. The number of carbonyl (C=O) groups is 4. The maximum atomic E-state index is 13.7. The fraction of sp³-hybridized carbons (Fsp3) is 0.389. The molecule has 0 bridgehead atoms. The van der Waals surface area contributed by atoms with E-state index in [0.29, 0.717) is 78.2 Å². The van der Waals surface area contributed by atoms with Crippen LogP contribution >= 0.6 is 0 Å². The van der Waals surface area contributed by atoms with Gasteiger partial charge in [-0.2, -0.15) is 0 Å². The molecule has 10 rings (SSSR count). The zero-order chi connectivity index (χ0) is 68.5. The summed E-state index contributed by atoms with van der Waals surface area (Å²) in [4.78, 5) is 50.2. The van der Waals surface area contributed by atoms with Crippen LogP contribution < -0.4 is 8.61 Å². The molecule has 2 aliphatic rings. The van der Waals surface area contributed by atoms with Gasteiger partial charge in [0.15, 0.2) is 23.8 Å². The van der Waals surface area contributed by atoms with Crippen LogP contribution in [0.4, 0.5) is 20.2 Å². The predicted octanol–water partition coefficient (Wildman–Crippen LogP) is 13.2. The summed E-state index contributed by atoms with van der Waals surface area (Å²) in [7, 11) is -7.46. The molecule has 6 aromatic carbocycles. The highest BCUT2D eigenvalue weighted by atomic mass is 32.2. The third-order valence-electron chi connectivity index (χ3n) is 16.0. The van der Waals surface area contributed by atoms with E-state index in [9.17, 15) is 49.9 Å². The van der Waals surface area contributed by atoms with Gasteiger partial charge in [-0.3, -0.25) is 18.2 Å². The third kappa shape index (κ3) is 18.9. The summed E-state index contributed by atoms with van der Waals surface area (Å²) in [5.74, 6) is -1.67. The monoisotopic (exact) mass is 1360 g/mol.